The first-order valence-electron chi connectivity index (χ1n) is 10.0. The molecule has 1 aliphatic carbocycles. The molecule has 4 rings (SSSR count). The lowest BCUT2D eigenvalue weighted by molar-refractivity contribution is -0.114. The summed E-state index contributed by atoms with van der Waals surface area (Å²) in [7, 11) is -4.06. The molecule has 0 bridgehead atoms. The minimum absolute atomic E-state index is 0.115. The van der Waals surface area contributed by atoms with Crippen LogP contribution >= 0.6 is 57.7 Å². The predicted octanol–water partition coefficient (Wildman–Crippen LogP) is 6.39. The van der Waals surface area contributed by atoms with Gasteiger partial charge < -0.3 is 0 Å². The molecule has 12 heteroatoms. The largest absolute Gasteiger partial charge is 0.273 e. The third-order valence-electron chi connectivity index (χ3n) is 5.11. The number of rotatable bonds is 6. The van der Waals surface area contributed by atoms with E-state index in [0.717, 1.165) is 59.1 Å². The fourth-order valence-corrected chi connectivity index (χ4v) is 6.88. The van der Waals surface area contributed by atoms with Crippen LogP contribution in [0.1, 0.15) is 29.7 Å². The lowest BCUT2D eigenvalue weighted by Gasteiger charge is -2.18. The molecule has 1 amide bonds. The molecule has 0 fully saturated rings. The molecule has 0 aliphatic heterocycles. The van der Waals surface area contributed by atoms with Gasteiger partial charge in [-0.3, -0.25) is 9.48 Å². The smallest absolute Gasteiger partial charge is 0.269 e. The molecule has 34 heavy (non-hydrogen) atoms. The fraction of sp³-hybridized carbons (Fsp3) is 0.182. The number of halogens is 4. The van der Waals surface area contributed by atoms with Crippen molar-refractivity contribution in [3.63, 3.8) is 0 Å². The summed E-state index contributed by atoms with van der Waals surface area (Å²) in [6.45, 7) is 0.469. The quantitative estimate of drug-likeness (QED) is 0.345. The van der Waals surface area contributed by atoms with Crippen molar-refractivity contribution < 1.29 is 13.2 Å². The van der Waals surface area contributed by atoms with Gasteiger partial charge in [0.05, 0.1) is 23.5 Å². The van der Waals surface area contributed by atoms with Crippen LogP contribution in [0.2, 0.25) is 19.4 Å². The number of aromatic nitrogens is 2. The number of carbonyl (C=O) groups excluding carboxylic acids is 1. The van der Waals surface area contributed by atoms with Gasteiger partial charge in [-0.1, -0.05) is 64.6 Å². The molecule has 2 heterocycles. The second kappa shape index (κ2) is 10.4. The van der Waals surface area contributed by atoms with Crippen LogP contribution in [0.3, 0.4) is 0 Å². The first kappa shape index (κ1) is 25.3. The van der Waals surface area contributed by atoms with Crippen molar-refractivity contribution in [2.24, 2.45) is 0 Å². The Morgan fingerprint density at radius 2 is 1.94 bits per heavy atom. The highest BCUT2D eigenvalue weighted by atomic mass is 35.5. The van der Waals surface area contributed by atoms with E-state index in [9.17, 15) is 13.2 Å². The zero-order valence-corrected chi connectivity index (χ0v) is 22.1. The number of amides is 1. The van der Waals surface area contributed by atoms with Crippen LogP contribution in [-0.4, -0.2) is 24.1 Å². The Labute approximate surface area is 220 Å². The fourth-order valence-electron chi connectivity index (χ4n) is 3.59. The van der Waals surface area contributed by atoms with Gasteiger partial charge in [0.25, 0.3) is 15.9 Å². The predicted molar refractivity (Wildman–Crippen MR) is 138 cm³/mol. The zero-order valence-electron chi connectivity index (χ0n) is 17.4. The number of aryl methyl sites for hydroxylation is 1. The number of hydrogen-bond acceptors (Lipinski definition) is 5. The average molecular weight is 577 g/mol. The molecule has 0 saturated carbocycles. The summed E-state index contributed by atoms with van der Waals surface area (Å²) in [4.78, 5) is 12.2. The van der Waals surface area contributed by atoms with Gasteiger partial charge in [-0.2, -0.15) is 5.10 Å². The van der Waals surface area contributed by atoms with Crippen molar-refractivity contribution in [3.05, 3.63) is 84.9 Å². The number of nitrogens with zero attached hydrogens (tertiary/aromatic N) is 2. The van der Waals surface area contributed by atoms with Crippen molar-refractivity contribution >= 4 is 79.2 Å². The molecule has 6 nitrogen and oxygen atoms in total. The Bertz CT molecular complexity index is 1410. The Hall–Kier alpha value is -1.81. The molecular weight excluding hydrogens is 560 g/mol. The minimum Gasteiger partial charge on any atom is -0.269 e. The van der Waals surface area contributed by atoms with Gasteiger partial charge in [-0.25, -0.2) is 13.1 Å². The van der Waals surface area contributed by atoms with E-state index in [-0.39, 0.29) is 13.6 Å². The Morgan fingerprint density at radius 1 is 1.15 bits per heavy atom. The first-order chi connectivity index (χ1) is 16.1. The highest BCUT2D eigenvalue weighted by Gasteiger charge is 2.22. The van der Waals surface area contributed by atoms with Crippen LogP contribution in [0.5, 0.6) is 0 Å². The summed E-state index contributed by atoms with van der Waals surface area (Å²) < 4.78 is 28.6. The molecule has 0 radical (unpaired) electrons. The maximum Gasteiger partial charge on any atom is 0.273 e. The maximum atomic E-state index is 12.3. The van der Waals surface area contributed by atoms with Gasteiger partial charge in [0.15, 0.2) is 0 Å². The number of thiophene rings is 1. The Kier molecular flexibility index (Phi) is 7.76. The molecule has 178 valence electrons. The van der Waals surface area contributed by atoms with Gasteiger partial charge in [0.2, 0.25) is 0 Å². The number of hydrogen-bond donors (Lipinski definition) is 1. The van der Waals surface area contributed by atoms with E-state index in [1.165, 1.54) is 12.1 Å². The highest BCUT2D eigenvalue weighted by Crippen LogP contribution is 2.34. The molecule has 1 aliphatic rings. The monoisotopic (exact) mass is 575 g/mol. The van der Waals surface area contributed by atoms with Crippen LogP contribution in [0.15, 0.2) is 52.9 Å². The van der Waals surface area contributed by atoms with Crippen molar-refractivity contribution in [1.29, 1.82) is 0 Å². The molecule has 0 atom stereocenters. The molecule has 0 saturated heterocycles. The lowest BCUT2D eigenvalue weighted by Crippen LogP contribution is -2.28. The molecule has 3 aromatic rings. The van der Waals surface area contributed by atoms with E-state index in [1.54, 1.807) is 18.2 Å². The summed E-state index contributed by atoms with van der Waals surface area (Å²) in [5.41, 5.74) is 3.95. The minimum atomic E-state index is -4.06. The third kappa shape index (κ3) is 5.70. The summed E-state index contributed by atoms with van der Waals surface area (Å²) in [6, 6.07) is 6.54. The van der Waals surface area contributed by atoms with Crippen LogP contribution < -0.4 is 4.72 Å². The zero-order chi connectivity index (χ0) is 24.5. The van der Waals surface area contributed by atoms with Crippen LogP contribution in [0.4, 0.5) is 0 Å². The summed E-state index contributed by atoms with van der Waals surface area (Å²) >= 11 is 24.7. The molecule has 2 aromatic heterocycles. The number of benzene rings is 1. The second-order valence-electron chi connectivity index (χ2n) is 7.47. The van der Waals surface area contributed by atoms with E-state index in [0.29, 0.717) is 16.6 Å². The number of fused-ring (bicyclic) bond motifs is 1. The van der Waals surface area contributed by atoms with Crippen LogP contribution in [-0.2, 0) is 27.8 Å². The number of carbonyl (C=O) groups is 1. The van der Waals surface area contributed by atoms with E-state index >= 15 is 0 Å². The van der Waals surface area contributed by atoms with E-state index in [1.807, 2.05) is 21.7 Å². The van der Waals surface area contributed by atoms with Gasteiger partial charge >= 0.3 is 0 Å². The van der Waals surface area contributed by atoms with E-state index in [2.05, 4.69) is 5.10 Å². The van der Waals surface area contributed by atoms with Crippen molar-refractivity contribution in [2.75, 3.05) is 0 Å². The van der Waals surface area contributed by atoms with Crippen molar-refractivity contribution in [3.8, 4) is 0 Å². The summed E-state index contributed by atoms with van der Waals surface area (Å²) in [5.74, 6) is -0.782. The topological polar surface area (TPSA) is 81.1 Å². The summed E-state index contributed by atoms with van der Waals surface area (Å²) in [6.07, 6.45) is 8.96. The second-order valence-corrected chi connectivity index (χ2v) is 12.3. The average Bonchev–Trinajstić information content (AvgIpc) is 3.34. The number of sulfonamides is 1. The van der Waals surface area contributed by atoms with Gasteiger partial charge in [-0.15, -0.1) is 11.3 Å². The molecule has 1 N–H and O–H groups in total. The Balaban J connectivity index is 1.51. The van der Waals surface area contributed by atoms with E-state index in [4.69, 9.17) is 46.4 Å². The van der Waals surface area contributed by atoms with Gasteiger partial charge in [-0.05, 0) is 54.2 Å². The van der Waals surface area contributed by atoms with Crippen molar-refractivity contribution in [1.82, 2.24) is 14.5 Å². The highest BCUT2D eigenvalue weighted by molar-refractivity contribution is 7.92. The molecule has 0 unspecified atom stereocenters. The van der Waals surface area contributed by atoms with E-state index < -0.39 is 15.9 Å². The lowest BCUT2D eigenvalue weighted by atomic mass is 9.92. The Morgan fingerprint density at radius 3 is 2.65 bits per heavy atom. The molecular formula is C22H17Cl4N3O3S2. The first-order valence-corrected chi connectivity index (χ1v) is 13.8. The summed E-state index contributed by atoms with van der Waals surface area (Å²) in [5, 5.41) is 5.76. The number of allylic oxidation sites excluding steroid dienone is 3. The third-order valence-corrected chi connectivity index (χ3v) is 9.39. The van der Waals surface area contributed by atoms with Crippen molar-refractivity contribution in [2.45, 2.75) is 30.0 Å². The van der Waals surface area contributed by atoms with Crippen LogP contribution in [0.25, 0.3) is 5.57 Å². The number of nitrogens with one attached hydrogen (secondary N) is 1. The normalized spacial score (nSPS) is 15.1. The molecule has 0 spiro atoms. The SMILES string of the molecule is O=C(/C=C/C=C1\CCCc2cnn(Cc3ccc(Cl)cc3Cl)c21)NS(=O)(=O)c1cc(Cl)c(Cl)s1. The standard InChI is InChI=1S/C22H17Cl4N3O3S2/c23-16-8-7-15(17(24)9-16)12-29-21-13(3-1-5-14(21)11-27-29)4-2-6-19(30)28-34(31,32)20-10-18(25)22(26)33-20/h2,4,6-11H,1,3,5,12H2,(H,28,30)/b6-2+,13-4+. The van der Waals surface area contributed by atoms with Crippen LogP contribution in [0, 0.1) is 0 Å². The maximum absolute atomic E-state index is 12.3. The molecule has 1 aromatic carbocycles. The van der Waals surface area contributed by atoms with Gasteiger partial charge in [0.1, 0.15) is 8.55 Å². The van der Waals surface area contributed by atoms with Gasteiger partial charge in [0, 0.05) is 16.1 Å².